The second-order valence-corrected chi connectivity index (χ2v) is 5.00. The van der Waals surface area contributed by atoms with E-state index in [1.54, 1.807) is 23.1 Å². The molecule has 102 valence electrons. The third-order valence-corrected chi connectivity index (χ3v) is 3.04. The molecule has 0 saturated heterocycles. The summed E-state index contributed by atoms with van der Waals surface area (Å²) in [6.45, 7) is 0. The van der Waals surface area contributed by atoms with Gasteiger partial charge in [-0.25, -0.2) is 0 Å². The standard InChI is InChI=1S/C12H12BrN7/c1-20(2)12-18-10(15)17-11(19-12)16-9-4-3-7(6-14)5-8(9)13/h3-5H,1-2H3,(H3,15,16,17,18,19). The van der Waals surface area contributed by atoms with Gasteiger partial charge >= 0.3 is 0 Å². The van der Waals surface area contributed by atoms with Crippen molar-refractivity contribution in [2.45, 2.75) is 0 Å². The molecule has 2 aromatic rings. The second kappa shape index (κ2) is 5.71. The number of nitrogens with one attached hydrogen (secondary N) is 1. The van der Waals surface area contributed by atoms with Crippen molar-refractivity contribution >= 4 is 39.5 Å². The van der Waals surface area contributed by atoms with E-state index < -0.39 is 0 Å². The predicted molar refractivity (Wildman–Crippen MR) is 80.7 cm³/mol. The van der Waals surface area contributed by atoms with Crippen LogP contribution in [-0.4, -0.2) is 29.0 Å². The van der Waals surface area contributed by atoms with Gasteiger partial charge in [0.25, 0.3) is 0 Å². The molecule has 1 aromatic carbocycles. The Hall–Kier alpha value is -2.40. The van der Waals surface area contributed by atoms with E-state index in [-0.39, 0.29) is 5.95 Å². The van der Waals surface area contributed by atoms with Crippen molar-refractivity contribution in [1.82, 2.24) is 15.0 Å². The van der Waals surface area contributed by atoms with E-state index in [0.717, 1.165) is 10.2 Å². The van der Waals surface area contributed by atoms with Gasteiger partial charge in [0, 0.05) is 18.6 Å². The topological polar surface area (TPSA) is 104 Å². The van der Waals surface area contributed by atoms with Crippen LogP contribution in [0.4, 0.5) is 23.5 Å². The normalized spacial score (nSPS) is 9.90. The fraction of sp³-hybridized carbons (Fsp3) is 0.167. The van der Waals surface area contributed by atoms with Crippen molar-refractivity contribution < 1.29 is 0 Å². The lowest BCUT2D eigenvalue weighted by Gasteiger charge is -2.12. The number of nitrogens with zero attached hydrogens (tertiary/aromatic N) is 5. The maximum atomic E-state index is 8.83. The molecule has 0 aliphatic rings. The Morgan fingerprint density at radius 1 is 1.30 bits per heavy atom. The van der Waals surface area contributed by atoms with Crippen molar-refractivity contribution in [3.05, 3.63) is 28.2 Å². The first kappa shape index (κ1) is 14.0. The lowest BCUT2D eigenvalue weighted by Crippen LogP contribution is -2.15. The molecular formula is C12H12BrN7. The summed E-state index contributed by atoms with van der Waals surface area (Å²) in [7, 11) is 3.63. The Kier molecular flexibility index (Phi) is 4.00. The van der Waals surface area contributed by atoms with Crippen LogP contribution in [0.15, 0.2) is 22.7 Å². The monoisotopic (exact) mass is 333 g/mol. The van der Waals surface area contributed by atoms with E-state index in [4.69, 9.17) is 11.0 Å². The van der Waals surface area contributed by atoms with Gasteiger partial charge in [0.15, 0.2) is 0 Å². The predicted octanol–water partition coefficient (Wildman–Crippen LogP) is 1.90. The maximum absolute atomic E-state index is 8.83. The zero-order chi connectivity index (χ0) is 14.7. The van der Waals surface area contributed by atoms with Crippen molar-refractivity contribution in [2.75, 3.05) is 30.0 Å². The van der Waals surface area contributed by atoms with E-state index >= 15 is 0 Å². The summed E-state index contributed by atoms with van der Waals surface area (Å²) in [5, 5.41) is 11.9. The second-order valence-electron chi connectivity index (χ2n) is 4.14. The van der Waals surface area contributed by atoms with E-state index in [9.17, 15) is 0 Å². The minimum atomic E-state index is 0.135. The van der Waals surface area contributed by atoms with Gasteiger partial charge in [-0.05, 0) is 34.1 Å². The first-order chi connectivity index (χ1) is 9.49. The average Bonchev–Trinajstić information content (AvgIpc) is 2.40. The lowest BCUT2D eigenvalue weighted by atomic mass is 10.2. The lowest BCUT2D eigenvalue weighted by molar-refractivity contribution is 0.969. The largest absolute Gasteiger partial charge is 0.368 e. The molecule has 0 fully saturated rings. The first-order valence-electron chi connectivity index (χ1n) is 5.65. The number of hydrogen-bond donors (Lipinski definition) is 2. The molecule has 0 bridgehead atoms. The zero-order valence-electron chi connectivity index (χ0n) is 10.9. The summed E-state index contributed by atoms with van der Waals surface area (Å²) in [5.74, 6) is 0.937. The van der Waals surface area contributed by atoms with Crippen molar-refractivity contribution in [2.24, 2.45) is 0 Å². The summed E-state index contributed by atoms with van der Waals surface area (Å²) in [6, 6.07) is 7.24. The van der Waals surface area contributed by atoms with E-state index in [2.05, 4.69) is 42.3 Å². The summed E-state index contributed by atoms with van der Waals surface area (Å²) in [5.41, 5.74) is 6.95. The summed E-state index contributed by atoms with van der Waals surface area (Å²) < 4.78 is 0.738. The number of anilines is 4. The third-order valence-electron chi connectivity index (χ3n) is 2.39. The molecule has 0 amide bonds. The van der Waals surface area contributed by atoms with Crippen molar-refractivity contribution in [3.8, 4) is 6.07 Å². The molecule has 7 nitrogen and oxygen atoms in total. The Balaban J connectivity index is 2.33. The minimum absolute atomic E-state index is 0.135. The number of nitriles is 1. The molecule has 0 aliphatic heterocycles. The molecule has 0 atom stereocenters. The molecule has 0 saturated carbocycles. The van der Waals surface area contributed by atoms with Gasteiger partial charge in [0.2, 0.25) is 17.8 Å². The molecule has 1 aromatic heterocycles. The molecule has 0 radical (unpaired) electrons. The molecule has 3 N–H and O–H groups in total. The SMILES string of the molecule is CN(C)c1nc(N)nc(Nc2ccc(C#N)cc2Br)n1. The van der Waals surface area contributed by atoms with Crippen LogP contribution >= 0.6 is 15.9 Å². The molecule has 20 heavy (non-hydrogen) atoms. The summed E-state index contributed by atoms with van der Waals surface area (Å²) in [6.07, 6.45) is 0. The number of benzene rings is 1. The molecule has 0 aliphatic carbocycles. The number of hydrogen-bond acceptors (Lipinski definition) is 7. The molecule has 0 unspecified atom stereocenters. The number of nitrogen functional groups attached to an aromatic ring is 1. The third kappa shape index (κ3) is 3.13. The van der Waals surface area contributed by atoms with Crippen LogP contribution < -0.4 is 16.0 Å². The Bertz CT molecular complexity index is 678. The van der Waals surface area contributed by atoms with E-state index in [1.165, 1.54) is 0 Å². The average molecular weight is 334 g/mol. The van der Waals surface area contributed by atoms with Gasteiger partial charge in [-0.15, -0.1) is 0 Å². The summed E-state index contributed by atoms with van der Waals surface area (Å²) >= 11 is 3.38. The van der Waals surface area contributed by atoms with E-state index in [0.29, 0.717) is 17.5 Å². The van der Waals surface area contributed by atoms with Crippen LogP contribution in [0, 0.1) is 11.3 Å². The Morgan fingerprint density at radius 3 is 2.65 bits per heavy atom. The first-order valence-corrected chi connectivity index (χ1v) is 6.44. The van der Waals surface area contributed by atoms with Gasteiger partial charge in [0.1, 0.15) is 0 Å². The van der Waals surface area contributed by atoms with Gasteiger partial charge < -0.3 is 16.0 Å². The zero-order valence-corrected chi connectivity index (χ0v) is 12.5. The van der Waals surface area contributed by atoms with Gasteiger partial charge in [-0.3, -0.25) is 0 Å². The van der Waals surface area contributed by atoms with Gasteiger partial charge in [0.05, 0.1) is 17.3 Å². The molecule has 2 rings (SSSR count). The smallest absolute Gasteiger partial charge is 0.233 e. The highest BCUT2D eigenvalue weighted by Crippen LogP contribution is 2.26. The van der Waals surface area contributed by atoms with Crippen LogP contribution in [0.1, 0.15) is 5.56 Å². The van der Waals surface area contributed by atoms with Crippen LogP contribution in [0.25, 0.3) is 0 Å². The highest BCUT2D eigenvalue weighted by molar-refractivity contribution is 9.10. The highest BCUT2D eigenvalue weighted by atomic mass is 79.9. The Morgan fingerprint density at radius 2 is 2.05 bits per heavy atom. The maximum Gasteiger partial charge on any atom is 0.233 e. The van der Waals surface area contributed by atoms with E-state index in [1.807, 2.05) is 14.1 Å². The number of rotatable bonds is 3. The van der Waals surface area contributed by atoms with Gasteiger partial charge in [-0.2, -0.15) is 20.2 Å². The van der Waals surface area contributed by atoms with Crippen LogP contribution in [-0.2, 0) is 0 Å². The van der Waals surface area contributed by atoms with Gasteiger partial charge in [-0.1, -0.05) is 0 Å². The fourth-order valence-corrected chi connectivity index (χ4v) is 1.92. The number of nitrogens with two attached hydrogens (primary N) is 1. The van der Waals surface area contributed by atoms with Crippen LogP contribution in [0.3, 0.4) is 0 Å². The van der Waals surface area contributed by atoms with Crippen molar-refractivity contribution in [1.29, 1.82) is 5.26 Å². The molecule has 8 heteroatoms. The molecular weight excluding hydrogens is 322 g/mol. The number of halogens is 1. The van der Waals surface area contributed by atoms with Crippen molar-refractivity contribution in [3.63, 3.8) is 0 Å². The highest BCUT2D eigenvalue weighted by Gasteiger charge is 2.08. The van der Waals surface area contributed by atoms with Crippen LogP contribution in [0.2, 0.25) is 0 Å². The Labute approximate surface area is 124 Å². The molecule has 1 heterocycles. The quantitative estimate of drug-likeness (QED) is 0.883. The van der Waals surface area contributed by atoms with Crippen LogP contribution in [0.5, 0.6) is 0 Å². The fourth-order valence-electron chi connectivity index (χ4n) is 1.44. The molecule has 0 spiro atoms. The summed E-state index contributed by atoms with van der Waals surface area (Å²) in [4.78, 5) is 14.0. The number of aromatic nitrogens is 3. The minimum Gasteiger partial charge on any atom is -0.368 e.